The van der Waals surface area contributed by atoms with Crippen molar-refractivity contribution in [3.63, 3.8) is 0 Å². The molecule has 0 bridgehead atoms. The first-order valence-corrected chi connectivity index (χ1v) is 7.21. The number of carboxylic acids is 1. The minimum Gasteiger partial charge on any atom is -0.479 e. The number of carbonyl (C=O) groups excluding carboxylic acids is 1. The maximum absolute atomic E-state index is 11.9. The molecule has 0 spiro atoms. The summed E-state index contributed by atoms with van der Waals surface area (Å²) in [4.78, 5) is 24.5. The molecule has 1 atom stereocenters. The Bertz CT molecular complexity index is 378. The van der Waals surface area contributed by atoms with Gasteiger partial charge in [-0.05, 0) is 31.0 Å². The molecule has 1 saturated heterocycles. The summed E-state index contributed by atoms with van der Waals surface area (Å²) >= 11 is -0.220. The highest BCUT2D eigenvalue weighted by Gasteiger charge is 2.48. The summed E-state index contributed by atoms with van der Waals surface area (Å²) in [6.07, 6.45) is 1.21. The molecular weight excluding hydrogens is 297 g/mol. The lowest BCUT2D eigenvalue weighted by atomic mass is 9.93. The minimum absolute atomic E-state index is 0.154. The van der Waals surface area contributed by atoms with Crippen molar-refractivity contribution in [1.82, 2.24) is 10.2 Å². The van der Waals surface area contributed by atoms with Crippen molar-refractivity contribution in [1.29, 1.82) is 0 Å². The summed E-state index contributed by atoms with van der Waals surface area (Å²) in [5, 5.41) is 11.6. The van der Waals surface area contributed by atoms with E-state index in [1.807, 2.05) is 0 Å². The van der Waals surface area contributed by atoms with Crippen molar-refractivity contribution in [2.24, 2.45) is 0 Å². The summed E-state index contributed by atoms with van der Waals surface area (Å²) in [6, 6.07) is -0.616. The number of carbonyl (C=O) groups is 2. The Labute approximate surface area is 118 Å². The van der Waals surface area contributed by atoms with Gasteiger partial charge in [-0.3, -0.25) is 0 Å². The maximum atomic E-state index is 11.9. The van der Waals surface area contributed by atoms with Crippen LogP contribution in [0.15, 0.2) is 0 Å². The fraction of sp³-hybridized carbons (Fsp3) is 0.818. The van der Waals surface area contributed by atoms with E-state index in [0.717, 1.165) is 0 Å². The van der Waals surface area contributed by atoms with Gasteiger partial charge in [0.1, 0.15) is 5.54 Å². The molecule has 0 aromatic heterocycles. The van der Waals surface area contributed by atoms with E-state index < -0.39 is 23.0 Å². The van der Waals surface area contributed by atoms with Gasteiger partial charge in [0.25, 0.3) is 0 Å². The Hall–Kier alpha value is -1.12. The van der Waals surface area contributed by atoms with E-state index in [2.05, 4.69) is 5.32 Å². The largest absolute Gasteiger partial charge is 0.479 e. The van der Waals surface area contributed by atoms with E-state index in [-0.39, 0.29) is 30.5 Å². The highest BCUT2D eigenvalue weighted by atomic mass is 32.2. The lowest BCUT2D eigenvalue weighted by Gasteiger charge is -2.33. The smallest absolute Gasteiger partial charge is 0.441 e. The summed E-state index contributed by atoms with van der Waals surface area (Å²) in [5.74, 6) is -1.37. The van der Waals surface area contributed by atoms with Crippen molar-refractivity contribution >= 4 is 23.8 Å². The second kappa shape index (κ2) is 6.55. The number of amides is 2. The molecule has 2 N–H and O–H groups in total. The number of hydrogen-bond donors (Lipinski definition) is 2. The SMILES string of the molecule is CCC1(C(=O)O)CCCN1C(=O)NCCSC(F)(F)F. The molecule has 1 fully saturated rings. The Morgan fingerprint density at radius 3 is 2.60 bits per heavy atom. The Morgan fingerprint density at radius 1 is 1.45 bits per heavy atom. The number of rotatable bonds is 5. The van der Waals surface area contributed by atoms with Crippen LogP contribution < -0.4 is 5.32 Å². The van der Waals surface area contributed by atoms with Crippen LogP contribution in [0.1, 0.15) is 26.2 Å². The average molecular weight is 314 g/mol. The normalized spacial score (nSPS) is 22.9. The molecule has 116 valence electrons. The summed E-state index contributed by atoms with van der Waals surface area (Å²) in [7, 11) is 0. The summed E-state index contributed by atoms with van der Waals surface area (Å²) in [6.45, 7) is 1.83. The zero-order valence-electron chi connectivity index (χ0n) is 11.0. The molecule has 0 aliphatic carbocycles. The molecular formula is C11H17F3N2O3S. The van der Waals surface area contributed by atoms with Gasteiger partial charge in [-0.15, -0.1) is 0 Å². The lowest BCUT2D eigenvalue weighted by Crippen LogP contribution is -2.55. The molecule has 0 radical (unpaired) electrons. The van der Waals surface area contributed by atoms with Crippen LogP contribution in [-0.2, 0) is 4.79 Å². The number of halogens is 3. The number of nitrogens with zero attached hydrogens (tertiary/aromatic N) is 1. The van der Waals surface area contributed by atoms with Gasteiger partial charge < -0.3 is 15.3 Å². The molecule has 20 heavy (non-hydrogen) atoms. The average Bonchev–Trinajstić information content (AvgIpc) is 2.78. The van der Waals surface area contributed by atoms with E-state index in [1.165, 1.54) is 4.90 Å². The van der Waals surface area contributed by atoms with Gasteiger partial charge in [0.15, 0.2) is 0 Å². The number of nitrogens with one attached hydrogen (secondary N) is 1. The first kappa shape index (κ1) is 16.9. The number of urea groups is 1. The van der Waals surface area contributed by atoms with Gasteiger partial charge in [0.05, 0.1) is 0 Å². The van der Waals surface area contributed by atoms with Crippen molar-refractivity contribution < 1.29 is 27.9 Å². The molecule has 0 saturated carbocycles. The fourth-order valence-electron chi connectivity index (χ4n) is 2.34. The highest BCUT2D eigenvalue weighted by molar-refractivity contribution is 8.00. The Morgan fingerprint density at radius 2 is 2.10 bits per heavy atom. The molecule has 9 heteroatoms. The third-order valence-electron chi connectivity index (χ3n) is 3.36. The van der Waals surface area contributed by atoms with Gasteiger partial charge in [-0.2, -0.15) is 13.2 Å². The van der Waals surface area contributed by atoms with Crippen LogP contribution in [0, 0.1) is 0 Å². The predicted molar refractivity (Wildman–Crippen MR) is 68.5 cm³/mol. The van der Waals surface area contributed by atoms with Crippen LogP contribution in [0.2, 0.25) is 0 Å². The lowest BCUT2D eigenvalue weighted by molar-refractivity contribution is -0.148. The number of alkyl halides is 3. The quantitative estimate of drug-likeness (QED) is 0.764. The molecule has 2 amide bonds. The van der Waals surface area contributed by atoms with E-state index in [4.69, 9.17) is 0 Å². The van der Waals surface area contributed by atoms with Gasteiger partial charge in [-0.25, -0.2) is 9.59 Å². The Kier molecular flexibility index (Phi) is 5.55. The van der Waals surface area contributed by atoms with Gasteiger partial charge in [-0.1, -0.05) is 6.92 Å². The van der Waals surface area contributed by atoms with Crippen LogP contribution in [0.4, 0.5) is 18.0 Å². The van der Waals surface area contributed by atoms with Crippen LogP contribution in [-0.4, -0.2) is 51.9 Å². The second-order valence-electron chi connectivity index (χ2n) is 4.47. The van der Waals surface area contributed by atoms with E-state index >= 15 is 0 Å². The van der Waals surface area contributed by atoms with E-state index in [9.17, 15) is 27.9 Å². The van der Waals surface area contributed by atoms with Crippen molar-refractivity contribution in [2.45, 2.75) is 37.2 Å². The monoisotopic (exact) mass is 314 g/mol. The maximum Gasteiger partial charge on any atom is 0.441 e. The number of hydrogen-bond acceptors (Lipinski definition) is 3. The fourth-order valence-corrected chi connectivity index (χ4v) is 2.77. The van der Waals surface area contributed by atoms with Crippen LogP contribution in [0.5, 0.6) is 0 Å². The number of aliphatic carboxylic acids is 1. The van der Waals surface area contributed by atoms with Gasteiger partial charge in [0.2, 0.25) is 0 Å². The number of likely N-dealkylation sites (tertiary alicyclic amines) is 1. The van der Waals surface area contributed by atoms with Gasteiger partial charge in [0, 0.05) is 18.8 Å². The topological polar surface area (TPSA) is 69.6 Å². The summed E-state index contributed by atoms with van der Waals surface area (Å²) < 4.78 is 35.8. The molecule has 1 unspecified atom stereocenters. The predicted octanol–water partition coefficient (Wildman–Crippen LogP) is 2.28. The van der Waals surface area contributed by atoms with Crippen LogP contribution in [0.3, 0.4) is 0 Å². The standard InChI is InChI=1S/C11H17F3N2O3S/c1-2-10(8(17)18)4-3-6-16(10)9(19)15-5-7-20-11(12,13)14/h2-7H2,1H3,(H,15,19)(H,17,18). The molecule has 1 aliphatic rings. The zero-order valence-corrected chi connectivity index (χ0v) is 11.8. The van der Waals surface area contributed by atoms with Crippen molar-refractivity contribution in [2.75, 3.05) is 18.8 Å². The van der Waals surface area contributed by atoms with E-state index in [0.29, 0.717) is 19.4 Å². The first-order chi connectivity index (χ1) is 9.23. The molecule has 1 rings (SSSR count). The highest BCUT2D eigenvalue weighted by Crippen LogP contribution is 2.33. The number of thioether (sulfide) groups is 1. The molecule has 1 aliphatic heterocycles. The number of carboxylic acid groups (broad SMARTS) is 1. The van der Waals surface area contributed by atoms with Crippen molar-refractivity contribution in [3.8, 4) is 0 Å². The van der Waals surface area contributed by atoms with Crippen LogP contribution in [0.25, 0.3) is 0 Å². The van der Waals surface area contributed by atoms with Gasteiger partial charge >= 0.3 is 17.5 Å². The van der Waals surface area contributed by atoms with Crippen molar-refractivity contribution in [3.05, 3.63) is 0 Å². The molecule has 0 aromatic carbocycles. The molecule has 5 nitrogen and oxygen atoms in total. The third-order valence-corrected chi connectivity index (χ3v) is 4.10. The summed E-state index contributed by atoms with van der Waals surface area (Å²) in [5.41, 5.74) is -5.56. The molecule has 0 aromatic rings. The first-order valence-electron chi connectivity index (χ1n) is 6.22. The minimum atomic E-state index is -4.33. The van der Waals surface area contributed by atoms with E-state index in [1.54, 1.807) is 6.92 Å². The zero-order chi connectivity index (χ0) is 15.4. The Balaban J connectivity index is 2.52. The third kappa shape index (κ3) is 3.94. The molecule has 1 heterocycles. The second-order valence-corrected chi connectivity index (χ2v) is 5.63. The van der Waals surface area contributed by atoms with Crippen LogP contribution >= 0.6 is 11.8 Å².